The highest BCUT2D eigenvalue weighted by Crippen LogP contribution is 2.38. The van der Waals surface area contributed by atoms with Crippen LogP contribution in [-0.2, 0) is 6.42 Å². The van der Waals surface area contributed by atoms with Crippen molar-refractivity contribution in [2.75, 3.05) is 0 Å². The lowest BCUT2D eigenvalue weighted by molar-refractivity contribution is 0.626. The second kappa shape index (κ2) is 3.95. The molecule has 0 amide bonds. The van der Waals surface area contributed by atoms with Gasteiger partial charge in [0.05, 0.1) is 0 Å². The molecule has 1 aliphatic carbocycles. The number of rotatable bonds is 1. The first-order valence-corrected chi connectivity index (χ1v) is 5.78. The van der Waals surface area contributed by atoms with Crippen LogP contribution < -0.4 is 0 Å². The van der Waals surface area contributed by atoms with E-state index in [1.807, 2.05) is 18.2 Å². The van der Waals surface area contributed by atoms with Crippen LogP contribution in [0.25, 0.3) is 0 Å². The topological polar surface area (TPSA) is 0 Å². The number of hydrogen-bond acceptors (Lipinski definition) is 0. The highest BCUT2D eigenvalue weighted by atomic mass is 19.1. The number of halogens is 2. The third-order valence-corrected chi connectivity index (χ3v) is 3.46. The van der Waals surface area contributed by atoms with Crippen LogP contribution in [0, 0.1) is 11.6 Å². The van der Waals surface area contributed by atoms with E-state index in [9.17, 15) is 8.78 Å². The second-order valence-corrected chi connectivity index (χ2v) is 4.49. The standard InChI is InChI=1S/C15H12F2/c16-12-4-1-10(2-5-12)14-7-3-11-9-13(17)6-8-15(11)14/h1-2,4-6,8-9,14H,3,7H2/t14-/m1/s1. The number of fused-ring (bicyclic) bond motifs is 1. The average molecular weight is 230 g/mol. The summed E-state index contributed by atoms with van der Waals surface area (Å²) in [7, 11) is 0. The maximum absolute atomic E-state index is 13.1. The molecule has 17 heavy (non-hydrogen) atoms. The van der Waals surface area contributed by atoms with Crippen LogP contribution in [-0.4, -0.2) is 0 Å². The van der Waals surface area contributed by atoms with Crippen molar-refractivity contribution < 1.29 is 8.78 Å². The highest BCUT2D eigenvalue weighted by molar-refractivity contribution is 5.42. The van der Waals surface area contributed by atoms with Gasteiger partial charge in [0, 0.05) is 5.92 Å². The van der Waals surface area contributed by atoms with Gasteiger partial charge in [0.2, 0.25) is 0 Å². The van der Waals surface area contributed by atoms with Gasteiger partial charge < -0.3 is 0 Å². The predicted octanol–water partition coefficient (Wildman–Crippen LogP) is 4.04. The lowest BCUT2D eigenvalue weighted by Crippen LogP contribution is -1.96. The van der Waals surface area contributed by atoms with Crippen molar-refractivity contribution >= 4 is 0 Å². The molecule has 0 saturated carbocycles. The van der Waals surface area contributed by atoms with E-state index < -0.39 is 0 Å². The lowest BCUT2D eigenvalue weighted by Gasteiger charge is -2.11. The monoisotopic (exact) mass is 230 g/mol. The maximum Gasteiger partial charge on any atom is 0.123 e. The van der Waals surface area contributed by atoms with Gasteiger partial charge in [-0.2, -0.15) is 0 Å². The molecule has 1 aliphatic rings. The zero-order valence-electron chi connectivity index (χ0n) is 9.29. The minimum Gasteiger partial charge on any atom is -0.207 e. The summed E-state index contributed by atoms with van der Waals surface area (Å²) >= 11 is 0. The SMILES string of the molecule is Fc1ccc([C@H]2CCc3cc(F)ccc32)cc1. The Kier molecular flexibility index (Phi) is 2.43. The normalized spacial score (nSPS) is 18.1. The van der Waals surface area contributed by atoms with E-state index in [4.69, 9.17) is 0 Å². The van der Waals surface area contributed by atoms with Crippen LogP contribution in [0.15, 0.2) is 42.5 Å². The number of benzene rings is 2. The van der Waals surface area contributed by atoms with E-state index in [1.54, 1.807) is 6.07 Å². The van der Waals surface area contributed by atoms with Gasteiger partial charge in [0.25, 0.3) is 0 Å². The third-order valence-electron chi connectivity index (χ3n) is 3.46. The highest BCUT2D eigenvalue weighted by Gasteiger charge is 2.23. The van der Waals surface area contributed by atoms with Crippen LogP contribution in [0.1, 0.15) is 29.0 Å². The molecule has 0 bridgehead atoms. The Labute approximate surface area is 98.9 Å². The molecule has 0 fully saturated rings. The molecule has 0 saturated heterocycles. The second-order valence-electron chi connectivity index (χ2n) is 4.49. The molecule has 0 heterocycles. The summed E-state index contributed by atoms with van der Waals surface area (Å²) in [6.45, 7) is 0. The molecule has 0 radical (unpaired) electrons. The Hall–Kier alpha value is -1.70. The van der Waals surface area contributed by atoms with Crippen LogP contribution in [0.5, 0.6) is 0 Å². The van der Waals surface area contributed by atoms with Gasteiger partial charge in [-0.05, 0) is 53.8 Å². The maximum atomic E-state index is 13.1. The third kappa shape index (κ3) is 1.84. The fraction of sp³-hybridized carbons (Fsp3) is 0.200. The van der Waals surface area contributed by atoms with Crippen molar-refractivity contribution in [1.82, 2.24) is 0 Å². The Bertz CT molecular complexity index is 543. The van der Waals surface area contributed by atoms with Crippen LogP contribution in [0.3, 0.4) is 0 Å². The van der Waals surface area contributed by atoms with Crippen molar-refractivity contribution in [2.45, 2.75) is 18.8 Å². The smallest absolute Gasteiger partial charge is 0.123 e. The minimum atomic E-state index is -0.217. The first-order valence-electron chi connectivity index (χ1n) is 5.78. The number of aryl methyl sites for hydroxylation is 1. The summed E-state index contributed by atoms with van der Waals surface area (Å²) < 4.78 is 26.0. The summed E-state index contributed by atoms with van der Waals surface area (Å²) in [5.41, 5.74) is 3.37. The molecule has 0 spiro atoms. The zero-order chi connectivity index (χ0) is 11.8. The zero-order valence-corrected chi connectivity index (χ0v) is 9.29. The molecule has 2 aromatic carbocycles. The van der Waals surface area contributed by atoms with Crippen molar-refractivity contribution in [2.24, 2.45) is 0 Å². The molecule has 0 aromatic heterocycles. The van der Waals surface area contributed by atoms with Gasteiger partial charge in [-0.3, -0.25) is 0 Å². The van der Waals surface area contributed by atoms with Gasteiger partial charge in [0.15, 0.2) is 0 Å². The van der Waals surface area contributed by atoms with Crippen LogP contribution in [0.2, 0.25) is 0 Å². The summed E-state index contributed by atoms with van der Waals surface area (Å²) in [4.78, 5) is 0. The minimum absolute atomic E-state index is 0.177. The Morgan fingerprint density at radius 3 is 2.35 bits per heavy atom. The molecule has 1 atom stereocenters. The largest absolute Gasteiger partial charge is 0.207 e. The van der Waals surface area contributed by atoms with Crippen molar-refractivity contribution in [3.05, 3.63) is 70.8 Å². The molecule has 2 aromatic rings. The molecule has 3 rings (SSSR count). The van der Waals surface area contributed by atoms with E-state index in [1.165, 1.54) is 23.8 Å². The van der Waals surface area contributed by atoms with Gasteiger partial charge in [-0.1, -0.05) is 18.2 Å². The van der Waals surface area contributed by atoms with Gasteiger partial charge in [-0.25, -0.2) is 8.78 Å². The molecule has 0 nitrogen and oxygen atoms in total. The number of hydrogen-bond donors (Lipinski definition) is 0. The summed E-state index contributed by atoms with van der Waals surface area (Å²) in [6, 6.07) is 11.6. The molecule has 0 N–H and O–H groups in total. The van der Waals surface area contributed by atoms with E-state index >= 15 is 0 Å². The Morgan fingerprint density at radius 2 is 1.59 bits per heavy atom. The summed E-state index contributed by atoms with van der Waals surface area (Å²) in [5.74, 6) is -0.110. The summed E-state index contributed by atoms with van der Waals surface area (Å²) in [6.07, 6.45) is 1.87. The van der Waals surface area contributed by atoms with Crippen molar-refractivity contribution in [3.63, 3.8) is 0 Å². The van der Waals surface area contributed by atoms with Gasteiger partial charge in [-0.15, -0.1) is 0 Å². The first kappa shape index (κ1) is 10.5. The molecule has 2 heteroatoms. The molecular formula is C15H12F2. The van der Waals surface area contributed by atoms with E-state index in [0.717, 1.165) is 24.0 Å². The predicted molar refractivity (Wildman–Crippen MR) is 63.0 cm³/mol. The average Bonchev–Trinajstić information content (AvgIpc) is 2.73. The summed E-state index contributed by atoms with van der Waals surface area (Å²) in [5, 5.41) is 0. The van der Waals surface area contributed by atoms with E-state index in [-0.39, 0.29) is 17.6 Å². The van der Waals surface area contributed by atoms with Crippen LogP contribution >= 0.6 is 0 Å². The lowest BCUT2D eigenvalue weighted by atomic mass is 9.93. The van der Waals surface area contributed by atoms with Crippen molar-refractivity contribution in [3.8, 4) is 0 Å². The fourth-order valence-corrected chi connectivity index (χ4v) is 2.63. The van der Waals surface area contributed by atoms with Crippen molar-refractivity contribution in [1.29, 1.82) is 0 Å². The fourth-order valence-electron chi connectivity index (χ4n) is 2.63. The van der Waals surface area contributed by atoms with Gasteiger partial charge in [0.1, 0.15) is 11.6 Å². The molecule has 0 unspecified atom stereocenters. The quantitative estimate of drug-likeness (QED) is 0.693. The van der Waals surface area contributed by atoms with Gasteiger partial charge >= 0.3 is 0 Å². The molecule has 86 valence electrons. The first-order chi connectivity index (χ1) is 8.24. The van der Waals surface area contributed by atoms with Crippen LogP contribution in [0.4, 0.5) is 8.78 Å². The Balaban J connectivity index is 2.01. The van der Waals surface area contributed by atoms with E-state index in [0.29, 0.717) is 0 Å². The molecular weight excluding hydrogens is 218 g/mol. The Morgan fingerprint density at radius 1 is 0.882 bits per heavy atom. The van der Waals surface area contributed by atoms with E-state index in [2.05, 4.69) is 0 Å². The molecule has 0 aliphatic heterocycles.